The van der Waals surface area contributed by atoms with E-state index in [4.69, 9.17) is 11.6 Å². The monoisotopic (exact) mass is 319 g/mol. The van der Waals surface area contributed by atoms with E-state index in [-0.39, 0.29) is 11.4 Å². The first-order valence-electron chi connectivity index (χ1n) is 6.64. The molecule has 2 heterocycles. The van der Waals surface area contributed by atoms with Crippen LogP contribution in [0, 0.1) is 6.92 Å². The standard InChI is InChI=1S/C15H14ClN3OS/c1-10-17-11(9-21-10)6-7-19-14(8-16)18-13-5-3-2-4-12(13)15(19)20/h2-5,9H,6-8H2,1H3. The summed E-state index contributed by atoms with van der Waals surface area (Å²) in [4.78, 5) is 21.5. The highest BCUT2D eigenvalue weighted by atomic mass is 35.5. The van der Waals surface area contributed by atoms with Crippen molar-refractivity contribution in [3.8, 4) is 0 Å². The fourth-order valence-corrected chi connectivity index (χ4v) is 3.15. The van der Waals surface area contributed by atoms with E-state index >= 15 is 0 Å². The second kappa shape index (κ2) is 5.95. The third-order valence-corrected chi connectivity index (χ3v) is 4.38. The van der Waals surface area contributed by atoms with Crippen LogP contribution in [0.25, 0.3) is 10.9 Å². The SMILES string of the molecule is Cc1nc(CCn2c(CCl)nc3ccccc3c2=O)cs1. The molecular weight excluding hydrogens is 306 g/mol. The molecule has 3 aromatic rings. The van der Waals surface area contributed by atoms with Gasteiger partial charge in [0.05, 0.1) is 27.5 Å². The summed E-state index contributed by atoms with van der Waals surface area (Å²) in [6.07, 6.45) is 0.703. The van der Waals surface area contributed by atoms with E-state index in [0.717, 1.165) is 10.7 Å². The molecule has 0 spiro atoms. The summed E-state index contributed by atoms with van der Waals surface area (Å²) in [5, 5.41) is 3.68. The number of benzene rings is 1. The van der Waals surface area contributed by atoms with E-state index in [9.17, 15) is 4.79 Å². The van der Waals surface area contributed by atoms with Crippen LogP contribution in [0.1, 0.15) is 16.5 Å². The summed E-state index contributed by atoms with van der Waals surface area (Å²) in [7, 11) is 0. The van der Waals surface area contributed by atoms with Gasteiger partial charge in [0, 0.05) is 18.3 Å². The van der Waals surface area contributed by atoms with Crippen molar-refractivity contribution in [3.05, 3.63) is 56.5 Å². The minimum atomic E-state index is -0.0387. The largest absolute Gasteiger partial charge is 0.295 e. The minimum absolute atomic E-state index is 0.0387. The highest BCUT2D eigenvalue weighted by molar-refractivity contribution is 7.09. The van der Waals surface area contributed by atoms with Crippen molar-refractivity contribution in [3.63, 3.8) is 0 Å². The number of halogens is 1. The lowest BCUT2D eigenvalue weighted by Gasteiger charge is -2.11. The number of aromatic nitrogens is 3. The normalized spacial score (nSPS) is 11.1. The molecule has 21 heavy (non-hydrogen) atoms. The van der Waals surface area contributed by atoms with Crippen LogP contribution in [0.3, 0.4) is 0 Å². The Morgan fingerprint density at radius 1 is 1.29 bits per heavy atom. The summed E-state index contributed by atoms with van der Waals surface area (Å²) in [6.45, 7) is 2.52. The lowest BCUT2D eigenvalue weighted by atomic mass is 10.2. The van der Waals surface area contributed by atoms with Gasteiger partial charge in [0.25, 0.3) is 5.56 Å². The Morgan fingerprint density at radius 2 is 2.10 bits per heavy atom. The molecule has 0 aliphatic carbocycles. The van der Waals surface area contributed by atoms with Gasteiger partial charge in [-0.25, -0.2) is 9.97 Å². The first-order chi connectivity index (χ1) is 10.2. The fourth-order valence-electron chi connectivity index (χ4n) is 2.30. The average molecular weight is 320 g/mol. The van der Waals surface area contributed by atoms with Gasteiger partial charge in [-0.15, -0.1) is 22.9 Å². The number of thiazole rings is 1. The third-order valence-electron chi connectivity index (χ3n) is 3.32. The van der Waals surface area contributed by atoms with Gasteiger partial charge >= 0.3 is 0 Å². The van der Waals surface area contributed by atoms with Crippen LogP contribution in [0.4, 0.5) is 0 Å². The van der Waals surface area contributed by atoms with Crippen LogP contribution >= 0.6 is 22.9 Å². The molecule has 0 amide bonds. The number of hydrogen-bond donors (Lipinski definition) is 0. The zero-order valence-corrected chi connectivity index (χ0v) is 13.1. The van der Waals surface area contributed by atoms with Crippen molar-refractivity contribution < 1.29 is 0 Å². The molecule has 0 atom stereocenters. The number of hydrogen-bond acceptors (Lipinski definition) is 4. The zero-order valence-electron chi connectivity index (χ0n) is 11.5. The molecule has 4 nitrogen and oxygen atoms in total. The Balaban J connectivity index is 2.00. The average Bonchev–Trinajstić information content (AvgIpc) is 2.91. The van der Waals surface area contributed by atoms with Crippen LogP contribution in [0.2, 0.25) is 0 Å². The lowest BCUT2D eigenvalue weighted by molar-refractivity contribution is 0.628. The second-order valence-electron chi connectivity index (χ2n) is 4.74. The Hall–Kier alpha value is -1.72. The van der Waals surface area contributed by atoms with Crippen LogP contribution in [-0.2, 0) is 18.8 Å². The molecule has 0 unspecified atom stereocenters. The van der Waals surface area contributed by atoms with Crippen molar-refractivity contribution in [2.24, 2.45) is 0 Å². The number of nitrogens with zero attached hydrogens (tertiary/aromatic N) is 3. The molecule has 0 N–H and O–H groups in total. The van der Waals surface area contributed by atoms with Crippen molar-refractivity contribution in [2.45, 2.75) is 25.8 Å². The van der Waals surface area contributed by atoms with E-state index in [1.165, 1.54) is 0 Å². The summed E-state index contributed by atoms with van der Waals surface area (Å²) < 4.78 is 1.66. The highest BCUT2D eigenvalue weighted by Crippen LogP contribution is 2.12. The third kappa shape index (κ3) is 2.84. The molecule has 0 fully saturated rings. The summed E-state index contributed by atoms with van der Waals surface area (Å²) in [5.41, 5.74) is 1.65. The fraction of sp³-hybridized carbons (Fsp3) is 0.267. The maximum absolute atomic E-state index is 12.6. The molecule has 0 aliphatic heterocycles. The number of rotatable bonds is 4. The molecule has 2 aromatic heterocycles. The molecule has 1 aromatic carbocycles. The smallest absolute Gasteiger partial charge is 0.261 e. The Labute approximate surface area is 131 Å². The van der Waals surface area contributed by atoms with Crippen LogP contribution < -0.4 is 5.56 Å². The predicted molar refractivity (Wildman–Crippen MR) is 86.1 cm³/mol. The molecular formula is C15H14ClN3OS. The Kier molecular flexibility index (Phi) is 4.03. The maximum Gasteiger partial charge on any atom is 0.261 e. The van der Waals surface area contributed by atoms with Crippen LogP contribution in [0.5, 0.6) is 0 Å². The van der Waals surface area contributed by atoms with E-state index in [0.29, 0.717) is 29.7 Å². The zero-order chi connectivity index (χ0) is 14.8. The van der Waals surface area contributed by atoms with E-state index in [1.54, 1.807) is 22.0 Å². The predicted octanol–water partition coefficient (Wildman–Crippen LogP) is 3.14. The second-order valence-corrected chi connectivity index (χ2v) is 6.07. The molecule has 0 saturated carbocycles. The van der Waals surface area contributed by atoms with Gasteiger partial charge in [-0.1, -0.05) is 12.1 Å². The number of para-hydroxylation sites is 1. The van der Waals surface area contributed by atoms with Crippen LogP contribution in [-0.4, -0.2) is 14.5 Å². The lowest BCUT2D eigenvalue weighted by Crippen LogP contribution is -2.25. The van der Waals surface area contributed by atoms with Gasteiger partial charge < -0.3 is 0 Å². The molecule has 0 aliphatic rings. The molecule has 3 rings (SSSR count). The van der Waals surface area contributed by atoms with Gasteiger partial charge in [0.15, 0.2) is 0 Å². The first-order valence-corrected chi connectivity index (χ1v) is 8.06. The van der Waals surface area contributed by atoms with Gasteiger partial charge in [0.2, 0.25) is 0 Å². The highest BCUT2D eigenvalue weighted by Gasteiger charge is 2.10. The van der Waals surface area contributed by atoms with Crippen LogP contribution in [0.15, 0.2) is 34.4 Å². The van der Waals surface area contributed by atoms with Crippen molar-refractivity contribution in [2.75, 3.05) is 0 Å². The Bertz CT molecular complexity index is 840. The van der Waals surface area contributed by atoms with Gasteiger partial charge in [-0.2, -0.15) is 0 Å². The van der Waals surface area contributed by atoms with Gasteiger partial charge in [-0.3, -0.25) is 9.36 Å². The molecule has 6 heteroatoms. The van der Waals surface area contributed by atoms with Crippen molar-refractivity contribution >= 4 is 33.8 Å². The van der Waals surface area contributed by atoms with Gasteiger partial charge in [-0.05, 0) is 19.1 Å². The van der Waals surface area contributed by atoms with Crippen molar-refractivity contribution in [1.82, 2.24) is 14.5 Å². The summed E-state index contributed by atoms with van der Waals surface area (Å²) >= 11 is 7.57. The molecule has 0 radical (unpaired) electrons. The van der Waals surface area contributed by atoms with Gasteiger partial charge in [0.1, 0.15) is 5.82 Å². The van der Waals surface area contributed by atoms with E-state index in [1.807, 2.05) is 30.5 Å². The quantitative estimate of drug-likeness (QED) is 0.694. The molecule has 0 saturated heterocycles. The maximum atomic E-state index is 12.6. The molecule has 0 bridgehead atoms. The minimum Gasteiger partial charge on any atom is -0.295 e. The van der Waals surface area contributed by atoms with E-state index in [2.05, 4.69) is 9.97 Å². The summed E-state index contributed by atoms with van der Waals surface area (Å²) in [6, 6.07) is 7.35. The van der Waals surface area contributed by atoms with Crippen molar-refractivity contribution in [1.29, 1.82) is 0 Å². The Morgan fingerprint density at radius 3 is 2.81 bits per heavy atom. The topological polar surface area (TPSA) is 47.8 Å². The number of fused-ring (bicyclic) bond motifs is 1. The molecule has 108 valence electrons. The summed E-state index contributed by atoms with van der Waals surface area (Å²) in [5.74, 6) is 0.822. The first kappa shape index (κ1) is 14.2. The number of aryl methyl sites for hydroxylation is 2. The number of alkyl halides is 1. The van der Waals surface area contributed by atoms with E-state index < -0.39 is 0 Å².